The van der Waals surface area contributed by atoms with E-state index in [0.717, 1.165) is 55.9 Å². The molecule has 2 saturated carbocycles. The zero-order valence-electron chi connectivity index (χ0n) is 20.8. The van der Waals surface area contributed by atoms with Gasteiger partial charge in [-0.05, 0) is 88.1 Å². The Morgan fingerprint density at radius 2 is 1.86 bits per heavy atom. The molecule has 5 rings (SSSR count). The van der Waals surface area contributed by atoms with Crippen LogP contribution in [0, 0.1) is 5.92 Å². The lowest BCUT2D eigenvalue weighted by molar-refractivity contribution is -0.136. The van der Waals surface area contributed by atoms with E-state index in [2.05, 4.69) is 17.3 Å². The molecule has 1 saturated heterocycles. The summed E-state index contributed by atoms with van der Waals surface area (Å²) >= 11 is 0. The summed E-state index contributed by atoms with van der Waals surface area (Å²) in [5.41, 5.74) is 1.50. The van der Waals surface area contributed by atoms with Crippen molar-refractivity contribution in [1.82, 2.24) is 15.1 Å². The van der Waals surface area contributed by atoms with Crippen LogP contribution in [0.4, 0.5) is 0 Å². The molecule has 35 heavy (non-hydrogen) atoms. The highest BCUT2D eigenvalue weighted by atomic mass is 16.5. The minimum Gasteiger partial charge on any atom is -0.489 e. The lowest BCUT2D eigenvalue weighted by Gasteiger charge is -2.35. The van der Waals surface area contributed by atoms with Gasteiger partial charge in [-0.1, -0.05) is 0 Å². The SMILES string of the molecule is CO[C@H]1CC[C@H](CN(C)[C@H]2CCC[C@@H]2Oc2ccc3c(c2)CN(C2CCC(=O)NC2=O)C3=O)CC1. The lowest BCUT2D eigenvalue weighted by atomic mass is 9.87. The number of carbonyl (C=O) groups is 3. The summed E-state index contributed by atoms with van der Waals surface area (Å²) in [6.07, 6.45) is 9.29. The third-order valence-corrected chi connectivity index (χ3v) is 8.44. The Balaban J connectivity index is 1.20. The van der Waals surface area contributed by atoms with E-state index in [0.29, 0.717) is 30.7 Å². The zero-order valence-corrected chi connectivity index (χ0v) is 20.8. The van der Waals surface area contributed by atoms with E-state index >= 15 is 0 Å². The predicted octanol–water partition coefficient (Wildman–Crippen LogP) is 2.88. The molecule has 1 N–H and O–H groups in total. The van der Waals surface area contributed by atoms with Crippen molar-refractivity contribution >= 4 is 17.7 Å². The maximum Gasteiger partial charge on any atom is 0.255 e. The lowest BCUT2D eigenvalue weighted by Crippen LogP contribution is -2.52. The quantitative estimate of drug-likeness (QED) is 0.600. The number of likely N-dealkylation sites (N-methyl/N-ethyl adjacent to an activating group) is 1. The third-order valence-electron chi connectivity index (χ3n) is 8.44. The molecule has 1 aromatic rings. The van der Waals surface area contributed by atoms with Gasteiger partial charge in [0, 0.05) is 38.2 Å². The largest absolute Gasteiger partial charge is 0.489 e. The second-order valence-corrected chi connectivity index (χ2v) is 10.7. The van der Waals surface area contributed by atoms with Crippen molar-refractivity contribution in [2.24, 2.45) is 5.92 Å². The standard InChI is InChI=1S/C27H37N3O5/c1-29(15-17-6-8-19(34-2)9-7-17)22-4-3-5-24(22)35-20-10-11-21-18(14-20)16-30(27(21)33)23-12-13-25(31)28-26(23)32/h10-11,14,17,19,22-24H,3-9,12-13,15-16H2,1-2H3,(H,28,31,32)/t17-,19-,22-,23?,24-/m0/s1. The predicted molar refractivity (Wildman–Crippen MR) is 130 cm³/mol. The van der Waals surface area contributed by atoms with Crippen molar-refractivity contribution in [3.05, 3.63) is 29.3 Å². The molecule has 3 amide bonds. The fraction of sp³-hybridized carbons (Fsp3) is 0.667. The molecule has 0 spiro atoms. The van der Waals surface area contributed by atoms with Crippen LogP contribution in [0.1, 0.15) is 73.7 Å². The molecule has 3 atom stereocenters. The number of ether oxygens (including phenoxy) is 2. The van der Waals surface area contributed by atoms with Gasteiger partial charge in [0.15, 0.2) is 0 Å². The maximum absolute atomic E-state index is 13.0. The monoisotopic (exact) mass is 483 g/mol. The van der Waals surface area contributed by atoms with E-state index < -0.39 is 6.04 Å². The van der Waals surface area contributed by atoms with Gasteiger partial charge in [-0.3, -0.25) is 24.6 Å². The summed E-state index contributed by atoms with van der Waals surface area (Å²) in [4.78, 5) is 40.8. The normalized spacial score (nSPS) is 31.1. The van der Waals surface area contributed by atoms with Crippen LogP contribution in [0.2, 0.25) is 0 Å². The van der Waals surface area contributed by atoms with Gasteiger partial charge in [-0.25, -0.2) is 0 Å². The van der Waals surface area contributed by atoms with Gasteiger partial charge in [-0.2, -0.15) is 0 Å². The molecule has 1 aromatic carbocycles. The van der Waals surface area contributed by atoms with E-state index in [4.69, 9.17) is 9.47 Å². The fourth-order valence-corrected chi connectivity index (χ4v) is 6.44. The highest BCUT2D eigenvalue weighted by Gasteiger charge is 2.39. The van der Waals surface area contributed by atoms with Gasteiger partial charge >= 0.3 is 0 Å². The number of carbonyl (C=O) groups excluding carboxylic acids is 3. The van der Waals surface area contributed by atoms with Crippen molar-refractivity contribution in [1.29, 1.82) is 0 Å². The van der Waals surface area contributed by atoms with E-state index in [1.54, 1.807) is 4.90 Å². The number of amides is 3. The van der Waals surface area contributed by atoms with Crippen LogP contribution < -0.4 is 10.1 Å². The summed E-state index contributed by atoms with van der Waals surface area (Å²) in [5.74, 6) is 0.698. The van der Waals surface area contributed by atoms with Crippen molar-refractivity contribution in [3.8, 4) is 5.75 Å². The molecular weight excluding hydrogens is 446 g/mol. The molecule has 0 aromatic heterocycles. The Morgan fingerprint density at radius 1 is 1.06 bits per heavy atom. The molecule has 3 fully saturated rings. The molecule has 0 bridgehead atoms. The summed E-state index contributed by atoms with van der Waals surface area (Å²) in [5, 5.41) is 2.36. The molecule has 4 aliphatic rings. The van der Waals surface area contributed by atoms with E-state index in [9.17, 15) is 14.4 Å². The number of nitrogens with zero attached hydrogens (tertiary/aromatic N) is 2. The number of hydrogen-bond donors (Lipinski definition) is 1. The Kier molecular flexibility index (Phi) is 7.12. The zero-order chi connectivity index (χ0) is 24.5. The molecule has 2 aliphatic heterocycles. The average molecular weight is 484 g/mol. The second-order valence-electron chi connectivity index (χ2n) is 10.7. The Hall–Kier alpha value is -2.45. The van der Waals surface area contributed by atoms with Crippen LogP contribution in [0.3, 0.4) is 0 Å². The molecule has 2 heterocycles. The number of fused-ring (bicyclic) bond motifs is 1. The van der Waals surface area contributed by atoms with Crippen molar-refractivity contribution < 1.29 is 23.9 Å². The Bertz CT molecular complexity index is 974. The van der Waals surface area contributed by atoms with Crippen LogP contribution in [0.25, 0.3) is 0 Å². The van der Waals surface area contributed by atoms with Gasteiger partial charge in [0.25, 0.3) is 5.91 Å². The van der Waals surface area contributed by atoms with E-state index in [1.165, 1.54) is 12.8 Å². The van der Waals surface area contributed by atoms with Crippen molar-refractivity contribution in [2.45, 2.75) is 88.6 Å². The van der Waals surface area contributed by atoms with Gasteiger partial charge in [0.2, 0.25) is 11.8 Å². The first-order chi connectivity index (χ1) is 16.9. The average Bonchev–Trinajstić information content (AvgIpc) is 3.44. The first kappa shape index (κ1) is 24.3. The van der Waals surface area contributed by atoms with Crippen molar-refractivity contribution in [2.75, 3.05) is 20.7 Å². The first-order valence-corrected chi connectivity index (χ1v) is 13.1. The number of benzene rings is 1. The molecule has 8 nitrogen and oxygen atoms in total. The van der Waals surface area contributed by atoms with Gasteiger partial charge in [-0.15, -0.1) is 0 Å². The summed E-state index contributed by atoms with van der Waals surface area (Å²) in [7, 11) is 4.05. The van der Waals surface area contributed by atoms with Gasteiger partial charge in [0.1, 0.15) is 17.9 Å². The molecular formula is C27H37N3O5. The maximum atomic E-state index is 13.0. The van der Waals surface area contributed by atoms with Crippen LogP contribution in [0.5, 0.6) is 5.75 Å². The number of imide groups is 1. The summed E-state index contributed by atoms with van der Waals surface area (Å²) < 4.78 is 12.0. The summed E-state index contributed by atoms with van der Waals surface area (Å²) in [6, 6.07) is 5.46. The Labute approximate surface area is 207 Å². The molecule has 0 radical (unpaired) electrons. The van der Waals surface area contributed by atoms with E-state index in [-0.39, 0.29) is 30.2 Å². The number of rotatable bonds is 7. The topological polar surface area (TPSA) is 88.2 Å². The van der Waals surface area contributed by atoms with Crippen LogP contribution >= 0.6 is 0 Å². The Morgan fingerprint density at radius 3 is 2.60 bits per heavy atom. The number of nitrogens with one attached hydrogen (secondary N) is 1. The van der Waals surface area contributed by atoms with Gasteiger partial charge in [0.05, 0.1) is 6.10 Å². The number of hydrogen-bond acceptors (Lipinski definition) is 6. The minimum absolute atomic E-state index is 0.136. The second kappa shape index (κ2) is 10.3. The van der Waals surface area contributed by atoms with Crippen molar-refractivity contribution in [3.63, 3.8) is 0 Å². The molecule has 2 aliphatic carbocycles. The van der Waals surface area contributed by atoms with E-state index in [1.807, 2.05) is 25.3 Å². The molecule has 1 unspecified atom stereocenters. The molecule has 190 valence electrons. The molecule has 8 heteroatoms. The smallest absolute Gasteiger partial charge is 0.255 e. The number of piperidine rings is 1. The third kappa shape index (κ3) is 5.09. The first-order valence-electron chi connectivity index (χ1n) is 13.1. The summed E-state index contributed by atoms with van der Waals surface area (Å²) in [6.45, 7) is 1.47. The van der Waals surface area contributed by atoms with Crippen LogP contribution in [-0.4, -0.2) is 72.5 Å². The van der Waals surface area contributed by atoms with Crippen LogP contribution in [-0.2, 0) is 20.9 Å². The number of methoxy groups -OCH3 is 1. The minimum atomic E-state index is -0.594. The van der Waals surface area contributed by atoms with Crippen LogP contribution in [0.15, 0.2) is 18.2 Å². The highest BCUT2D eigenvalue weighted by molar-refractivity contribution is 6.05. The van der Waals surface area contributed by atoms with Gasteiger partial charge < -0.3 is 14.4 Å². The fourth-order valence-electron chi connectivity index (χ4n) is 6.44. The highest BCUT2D eigenvalue weighted by Crippen LogP contribution is 2.34.